The fraction of sp³-hybridized carbons (Fsp3) is 0.350. The molecule has 4 rings (SSSR count). The van der Waals surface area contributed by atoms with Crippen LogP contribution in [0.15, 0.2) is 41.8 Å². The van der Waals surface area contributed by atoms with E-state index in [0.29, 0.717) is 6.54 Å². The summed E-state index contributed by atoms with van der Waals surface area (Å²) in [6, 6.07) is 9.97. The van der Waals surface area contributed by atoms with E-state index in [-0.39, 0.29) is 18.1 Å². The molecule has 4 nitrogen and oxygen atoms in total. The van der Waals surface area contributed by atoms with Crippen molar-refractivity contribution in [2.45, 2.75) is 31.1 Å². The maximum Gasteiger partial charge on any atom is 0.244 e. The molecule has 1 fully saturated rings. The average molecular weight is 355 g/mol. The van der Waals surface area contributed by atoms with Gasteiger partial charge in [-0.1, -0.05) is 25.0 Å². The van der Waals surface area contributed by atoms with Gasteiger partial charge in [0.1, 0.15) is 0 Å². The summed E-state index contributed by atoms with van der Waals surface area (Å²) < 4.78 is 10.7. The van der Waals surface area contributed by atoms with Gasteiger partial charge in [-0.25, -0.2) is 0 Å². The van der Waals surface area contributed by atoms with Gasteiger partial charge in [0.05, 0.1) is 0 Å². The third-order valence-corrected chi connectivity index (χ3v) is 6.15. The predicted molar refractivity (Wildman–Crippen MR) is 99.1 cm³/mol. The van der Waals surface area contributed by atoms with E-state index in [1.54, 1.807) is 17.4 Å². The highest BCUT2D eigenvalue weighted by Crippen LogP contribution is 2.42. The van der Waals surface area contributed by atoms with Gasteiger partial charge in [0, 0.05) is 22.9 Å². The summed E-state index contributed by atoms with van der Waals surface area (Å²) in [5.74, 6) is 1.42. The third kappa shape index (κ3) is 3.42. The average Bonchev–Trinajstić information content (AvgIpc) is 3.39. The van der Waals surface area contributed by atoms with Crippen molar-refractivity contribution in [3.63, 3.8) is 0 Å². The Morgan fingerprint density at radius 3 is 2.84 bits per heavy atom. The van der Waals surface area contributed by atoms with E-state index in [9.17, 15) is 4.79 Å². The summed E-state index contributed by atoms with van der Waals surface area (Å²) >= 11 is 1.80. The number of nitrogens with one attached hydrogen (secondary N) is 1. The Bertz CT molecular complexity index is 776. The smallest absolute Gasteiger partial charge is 0.244 e. The number of amides is 1. The Kier molecular flexibility index (Phi) is 4.49. The van der Waals surface area contributed by atoms with Crippen LogP contribution in [-0.4, -0.2) is 19.2 Å². The highest BCUT2D eigenvalue weighted by molar-refractivity contribution is 7.10. The molecule has 130 valence electrons. The zero-order chi connectivity index (χ0) is 17.1. The number of ether oxygens (including phenoxy) is 2. The maximum atomic E-state index is 12.3. The van der Waals surface area contributed by atoms with Gasteiger partial charge in [-0.15, -0.1) is 11.3 Å². The van der Waals surface area contributed by atoms with Crippen LogP contribution in [0.5, 0.6) is 11.5 Å². The summed E-state index contributed by atoms with van der Waals surface area (Å²) in [4.78, 5) is 13.7. The normalized spacial score (nSPS) is 17.9. The number of hydrogen-bond donors (Lipinski definition) is 1. The topological polar surface area (TPSA) is 47.6 Å². The second-order valence-electron chi connectivity index (χ2n) is 6.63. The first-order valence-corrected chi connectivity index (χ1v) is 9.53. The van der Waals surface area contributed by atoms with Crippen LogP contribution in [0.2, 0.25) is 0 Å². The lowest BCUT2D eigenvalue weighted by Crippen LogP contribution is -2.37. The van der Waals surface area contributed by atoms with Gasteiger partial charge in [0.25, 0.3) is 0 Å². The molecule has 5 heteroatoms. The molecule has 0 saturated heterocycles. The molecule has 1 saturated carbocycles. The van der Waals surface area contributed by atoms with Crippen molar-refractivity contribution in [1.29, 1.82) is 0 Å². The fourth-order valence-corrected chi connectivity index (χ4v) is 4.63. The van der Waals surface area contributed by atoms with E-state index in [0.717, 1.165) is 29.9 Å². The van der Waals surface area contributed by atoms with E-state index in [2.05, 4.69) is 22.8 Å². The number of fused-ring (bicyclic) bond motifs is 1. The largest absolute Gasteiger partial charge is 0.454 e. The van der Waals surface area contributed by atoms with Crippen LogP contribution in [0, 0.1) is 0 Å². The summed E-state index contributed by atoms with van der Waals surface area (Å²) in [5.41, 5.74) is 1.05. The van der Waals surface area contributed by atoms with E-state index in [1.807, 2.05) is 24.3 Å². The lowest BCUT2D eigenvalue weighted by molar-refractivity contribution is -0.116. The van der Waals surface area contributed by atoms with Gasteiger partial charge < -0.3 is 14.8 Å². The van der Waals surface area contributed by atoms with Crippen LogP contribution in [0.25, 0.3) is 6.08 Å². The molecule has 1 aliphatic carbocycles. The number of rotatable bonds is 5. The van der Waals surface area contributed by atoms with Gasteiger partial charge in [-0.2, -0.15) is 0 Å². The highest BCUT2D eigenvalue weighted by Gasteiger charge is 2.36. The van der Waals surface area contributed by atoms with E-state index in [4.69, 9.17) is 9.47 Å². The van der Waals surface area contributed by atoms with Crippen LogP contribution in [0.3, 0.4) is 0 Å². The zero-order valence-electron chi connectivity index (χ0n) is 14.0. The molecular formula is C20H21NO3S. The minimum absolute atomic E-state index is 0.0551. The molecule has 0 radical (unpaired) electrons. The summed E-state index contributed by atoms with van der Waals surface area (Å²) in [6.45, 7) is 0.964. The molecule has 25 heavy (non-hydrogen) atoms. The van der Waals surface area contributed by atoms with Crippen LogP contribution < -0.4 is 14.8 Å². The molecule has 1 aromatic heterocycles. The Morgan fingerprint density at radius 1 is 1.20 bits per heavy atom. The van der Waals surface area contributed by atoms with Crippen molar-refractivity contribution in [3.8, 4) is 11.5 Å². The van der Waals surface area contributed by atoms with Crippen molar-refractivity contribution in [3.05, 3.63) is 52.2 Å². The summed E-state index contributed by atoms with van der Waals surface area (Å²) in [6.07, 6.45) is 8.18. The molecule has 0 spiro atoms. The third-order valence-electron chi connectivity index (χ3n) is 5.03. The molecule has 1 N–H and O–H groups in total. The Balaban J connectivity index is 1.39. The second kappa shape index (κ2) is 6.92. The molecule has 2 heterocycles. The Morgan fingerprint density at radius 2 is 2.04 bits per heavy atom. The molecule has 2 aromatic rings. The molecule has 0 atom stereocenters. The standard InChI is InChI=1S/C20H21NO3S/c22-19(8-6-15-5-7-16-17(12-15)24-14-23-16)21-13-20(9-1-2-10-20)18-4-3-11-25-18/h3-8,11-12H,1-2,9-10,13-14H2,(H,21,22)/b8-6+. The first kappa shape index (κ1) is 16.2. The van der Waals surface area contributed by atoms with Crippen molar-refractivity contribution in [2.24, 2.45) is 0 Å². The Labute approximate surface area is 151 Å². The summed E-state index contributed by atoms with van der Waals surface area (Å²) in [5, 5.41) is 5.22. The zero-order valence-corrected chi connectivity index (χ0v) is 14.8. The molecule has 0 unspecified atom stereocenters. The van der Waals surface area contributed by atoms with Gasteiger partial charge >= 0.3 is 0 Å². The van der Waals surface area contributed by atoms with Crippen molar-refractivity contribution in [2.75, 3.05) is 13.3 Å². The minimum Gasteiger partial charge on any atom is -0.454 e. The van der Waals surface area contributed by atoms with Crippen molar-refractivity contribution in [1.82, 2.24) is 5.32 Å². The number of benzene rings is 1. The van der Waals surface area contributed by atoms with Crippen LogP contribution in [0.1, 0.15) is 36.1 Å². The van der Waals surface area contributed by atoms with Gasteiger partial charge in [-0.05, 0) is 48.1 Å². The number of carbonyl (C=O) groups excluding carboxylic acids is 1. The van der Waals surface area contributed by atoms with Gasteiger partial charge in [0.2, 0.25) is 12.7 Å². The first-order chi connectivity index (χ1) is 12.3. The van der Waals surface area contributed by atoms with E-state index < -0.39 is 0 Å². The van der Waals surface area contributed by atoms with Crippen LogP contribution >= 0.6 is 11.3 Å². The van der Waals surface area contributed by atoms with Crippen molar-refractivity contribution >= 4 is 23.3 Å². The second-order valence-corrected chi connectivity index (χ2v) is 7.58. The molecule has 1 aromatic carbocycles. The molecule has 0 bridgehead atoms. The minimum atomic E-state index is -0.0551. The van der Waals surface area contributed by atoms with Gasteiger partial charge in [0.15, 0.2) is 11.5 Å². The van der Waals surface area contributed by atoms with Crippen LogP contribution in [0.4, 0.5) is 0 Å². The van der Waals surface area contributed by atoms with Gasteiger partial charge in [-0.3, -0.25) is 4.79 Å². The quantitative estimate of drug-likeness (QED) is 0.821. The molecule has 1 aliphatic heterocycles. The SMILES string of the molecule is O=C(/C=C/c1ccc2c(c1)OCO2)NCC1(c2cccs2)CCCC1. The Hall–Kier alpha value is -2.27. The fourth-order valence-electron chi connectivity index (χ4n) is 3.65. The van der Waals surface area contributed by atoms with E-state index in [1.165, 1.54) is 17.7 Å². The molecule has 1 amide bonds. The highest BCUT2D eigenvalue weighted by atomic mass is 32.1. The summed E-state index contributed by atoms with van der Waals surface area (Å²) in [7, 11) is 0. The number of hydrogen-bond acceptors (Lipinski definition) is 4. The first-order valence-electron chi connectivity index (χ1n) is 8.65. The van der Waals surface area contributed by atoms with Crippen LogP contribution in [-0.2, 0) is 10.2 Å². The number of thiophene rings is 1. The molecular weight excluding hydrogens is 334 g/mol. The number of carbonyl (C=O) groups is 1. The molecule has 2 aliphatic rings. The lowest BCUT2D eigenvalue weighted by Gasteiger charge is -2.28. The predicted octanol–water partition coefficient (Wildman–Crippen LogP) is 4.12. The van der Waals surface area contributed by atoms with E-state index >= 15 is 0 Å². The lowest BCUT2D eigenvalue weighted by atomic mass is 9.84. The maximum absolute atomic E-state index is 12.3. The van der Waals surface area contributed by atoms with Crippen molar-refractivity contribution < 1.29 is 14.3 Å². The monoisotopic (exact) mass is 355 g/mol.